The maximum Gasteiger partial charge on any atom is 0.322 e. The first kappa shape index (κ1) is 17.5. The summed E-state index contributed by atoms with van der Waals surface area (Å²) in [6.07, 6.45) is 2.03. The number of nitrogens with one attached hydrogen (secondary N) is 3. The molecule has 0 aromatic heterocycles. The van der Waals surface area contributed by atoms with Crippen LogP contribution in [0.2, 0.25) is 0 Å². The third-order valence-corrected chi connectivity index (χ3v) is 4.47. The highest BCUT2D eigenvalue weighted by Crippen LogP contribution is 2.28. The van der Waals surface area contributed by atoms with Crippen LogP contribution in [-0.2, 0) is 9.59 Å². The van der Waals surface area contributed by atoms with Crippen LogP contribution in [0.25, 0.3) is 0 Å². The highest BCUT2D eigenvalue weighted by molar-refractivity contribution is 6.08. The molecule has 9 heteroatoms. The number of nitrogens with zero attached hydrogens (tertiary/aromatic N) is 1. The summed E-state index contributed by atoms with van der Waals surface area (Å²) in [7, 11) is 0. The number of phenolic OH excluding ortho intramolecular Hbond substituents is 1. The summed E-state index contributed by atoms with van der Waals surface area (Å²) in [6.45, 7) is 3.74. The van der Waals surface area contributed by atoms with E-state index in [1.807, 2.05) is 0 Å². The van der Waals surface area contributed by atoms with E-state index >= 15 is 0 Å². The van der Waals surface area contributed by atoms with Crippen LogP contribution >= 0.6 is 0 Å². The molecule has 9 nitrogen and oxygen atoms in total. The molecule has 2 saturated heterocycles. The Kier molecular flexibility index (Phi) is 4.37. The topological polar surface area (TPSA) is 128 Å². The Bertz CT molecular complexity index is 821. The van der Waals surface area contributed by atoms with Gasteiger partial charge in [-0.1, -0.05) is 6.58 Å². The number of urea groups is 1. The average molecular weight is 358 g/mol. The number of hydrogen-bond acceptors (Lipinski definition) is 5. The lowest BCUT2D eigenvalue weighted by molar-refractivity contribution is -0.125. The number of phenols is 1. The summed E-state index contributed by atoms with van der Waals surface area (Å²) in [6, 6.07) is 3.53. The summed E-state index contributed by atoms with van der Waals surface area (Å²) in [5, 5.41) is 17.4. The van der Waals surface area contributed by atoms with Crippen LogP contribution in [0.4, 0.5) is 10.5 Å². The summed E-state index contributed by atoms with van der Waals surface area (Å²) >= 11 is 0. The van der Waals surface area contributed by atoms with Gasteiger partial charge >= 0.3 is 6.03 Å². The molecule has 2 fully saturated rings. The van der Waals surface area contributed by atoms with Crippen molar-refractivity contribution in [3.63, 3.8) is 0 Å². The Morgan fingerprint density at radius 3 is 2.77 bits per heavy atom. The fourth-order valence-corrected chi connectivity index (χ4v) is 3.19. The normalized spacial score (nSPS) is 21.9. The lowest BCUT2D eigenvalue weighted by atomic mass is 9.89. The van der Waals surface area contributed by atoms with Crippen molar-refractivity contribution in [2.75, 3.05) is 18.4 Å². The Balaban J connectivity index is 1.83. The van der Waals surface area contributed by atoms with Crippen LogP contribution < -0.4 is 16.0 Å². The van der Waals surface area contributed by atoms with Gasteiger partial charge in [0.2, 0.25) is 5.91 Å². The van der Waals surface area contributed by atoms with E-state index < -0.39 is 29.3 Å². The zero-order valence-electron chi connectivity index (χ0n) is 13.9. The number of anilines is 1. The average Bonchev–Trinajstić information content (AvgIpc) is 2.88. The molecule has 5 amide bonds. The van der Waals surface area contributed by atoms with E-state index in [0.29, 0.717) is 25.1 Å². The molecule has 0 radical (unpaired) electrons. The van der Waals surface area contributed by atoms with Gasteiger partial charge in [0.1, 0.15) is 11.3 Å². The minimum atomic E-state index is -1.14. The molecular formula is C17H18N4O5. The van der Waals surface area contributed by atoms with Gasteiger partial charge < -0.3 is 20.6 Å². The van der Waals surface area contributed by atoms with E-state index in [0.717, 1.165) is 6.08 Å². The largest absolute Gasteiger partial charge is 0.507 e. The molecule has 1 unspecified atom stereocenters. The summed E-state index contributed by atoms with van der Waals surface area (Å²) in [5.41, 5.74) is -0.821. The highest BCUT2D eigenvalue weighted by Gasteiger charge is 2.49. The fourth-order valence-electron chi connectivity index (χ4n) is 3.19. The zero-order chi connectivity index (χ0) is 18.9. The van der Waals surface area contributed by atoms with Crippen molar-refractivity contribution >= 4 is 29.4 Å². The zero-order valence-corrected chi connectivity index (χ0v) is 13.9. The van der Waals surface area contributed by atoms with Crippen LogP contribution in [-0.4, -0.2) is 52.4 Å². The molecule has 2 aliphatic rings. The standard InChI is InChI=1S/C17H18N4O5/c1-2-13(23)18-10-4-5-12(22)11(8-10)14(24)21-7-3-6-17(9-21)15(25)19-16(26)20-17/h2,4-5,8,22H,1,3,6-7,9H2,(H,18,23)(H2,19,20,25,26). The summed E-state index contributed by atoms with van der Waals surface area (Å²) < 4.78 is 0. The Labute approximate surface area is 149 Å². The highest BCUT2D eigenvalue weighted by atomic mass is 16.3. The number of imide groups is 1. The van der Waals surface area contributed by atoms with Crippen molar-refractivity contribution in [3.05, 3.63) is 36.4 Å². The number of rotatable bonds is 3. The molecular weight excluding hydrogens is 340 g/mol. The van der Waals surface area contributed by atoms with E-state index in [2.05, 4.69) is 22.5 Å². The molecule has 4 N–H and O–H groups in total. The van der Waals surface area contributed by atoms with E-state index in [4.69, 9.17) is 0 Å². The lowest BCUT2D eigenvalue weighted by Gasteiger charge is -2.38. The van der Waals surface area contributed by atoms with Gasteiger partial charge in [0.05, 0.1) is 12.1 Å². The minimum Gasteiger partial charge on any atom is -0.507 e. The molecule has 0 saturated carbocycles. The third-order valence-electron chi connectivity index (χ3n) is 4.47. The second-order valence-corrected chi connectivity index (χ2v) is 6.25. The molecule has 0 bridgehead atoms. The number of hydrogen-bond donors (Lipinski definition) is 4. The molecule has 136 valence electrons. The number of carbonyl (C=O) groups excluding carboxylic acids is 4. The van der Waals surface area contributed by atoms with Crippen molar-refractivity contribution in [2.45, 2.75) is 18.4 Å². The van der Waals surface area contributed by atoms with E-state index in [9.17, 15) is 24.3 Å². The Morgan fingerprint density at radius 1 is 1.35 bits per heavy atom. The lowest BCUT2D eigenvalue weighted by Crippen LogP contribution is -2.59. The number of carbonyl (C=O) groups is 4. The monoisotopic (exact) mass is 358 g/mol. The molecule has 1 aromatic rings. The predicted octanol–water partition coefficient (Wildman–Crippen LogP) is 0.331. The molecule has 1 atom stereocenters. The van der Waals surface area contributed by atoms with Gasteiger partial charge in [-0.25, -0.2) is 4.79 Å². The van der Waals surface area contributed by atoms with E-state index in [-0.39, 0.29) is 17.9 Å². The smallest absolute Gasteiger partial charge is 0.322 e. The molecule has 26 heavy (non-hydrogen) atoms. The number of aromatic hydroxyl groups is 1. The molecule has 2 heterocycles. The second-order valence-electron chi connectivity index (χ2n) is 6.25. The van der Waals surface area contributed by atoms with Crippen molar-refractivity contribution in [1.29, 1.82) is 0 Å². The van der Waals surface area contributed by atoms with Gasteiger partial charge in [-0.15, -0.1) is 0 Å². The second kappa shape index (κ2) is 6.51. The van der Waals surface area contributed by atoms with Gasteiger partial charge in [0.15, 0.2) is 0 Å². The number of piperidine rings is 1. The number of benzene rings is 1. The maximum absolute atomic E-state index is 12.8. The molecule has 2 aliphatic heterocycles. The van der Waals surface area contributed by atoms with Crippen molar-refractivity contribution in [1.82, 2.24) is 15.5 Å². The van der Waals surface area contributed by atoms with Crippen LogP contribution in [0, 0.1) is 0 Å². The van der Waals surface area contributed by atoms with E-state index in [1.165, 1.54) is 23.1 Å². The number of likely N-dealkylation sites (tertiary alicyclic amines) is 1. The van der Waals surface area contributed by atoms with Crippen LogP contribution in [0.1, 0.15) is 23.2 Å². The first-order chi connectivity index (χ1) is 12.3. The predicted molar refractivity (Wildman–Crippen MR) is 91.5 cm³/mol. The molecule has 1 spiro atoms. The van der Waals surface area contributed by atoms with Gasteiger partial charge in [-0.2, -0.15) is 0 Å². The van der Waals surface area contributed by atoms with E-state index in [1.54, 1.807) is 0 Å². The van der Waals surface area contributed by atoms with Crippen molar-refractivity contribution < 1.29 is 24.3 Å². The first-order valence-corrected chi connectivity index (χ1v) is 8.04. The first-order valence-electron chi connectivity index (χ1n) is 8.04. The summed E-state index contributed by atoms with van der Waals surface area (Å²) in [4.78, 5) is 49.2. The van der Waals surface area contributed by atoms with Gasteiger partial charge in [0, 0.05) is 12.2 Å². The quantitative estimate of drug-likeness (QED) is 0.352. The minimum absolute atomic E-state index is 0.00589. The Morgan fingerprint density at radius 2 is 2.12 bits per heavy atom. The maximum atomic E-state index is 12.8. The van der Waals surface area contributed by atoms with Crippen molar-refractivity contribution in [2.24, 2.45) is 0 Å². The number of amides is 5. The van der Waals surface area contributed by atoms with Gasteiger partial charge in [0.25, 0.3) is 11.8 Å². The molecule has 1 aromatic carbocycles. The SMILES string of the molecule is C=CC(=O)Nc1ccc(O)c(C(=O)N2CCCC3(C2)NC(=O)NC3=O)c1. The van der Waals surface area contributed by atoms with Crippen molar-refractivity contribution in [3.8, 4) is 5.75 Å². The van der Waals surface area contributed by atoms with Crippen LogP contribution in [0.3, 0.4) is 0 Å². The Hall–Kier alpha value is -3.36. The fraction of sp³-hybridized carbons (Fsp3) is 0.294. The molecule has 0 aliphatic carbocycles. The molecule has 3 rings (SSSR count). The summed E-state index contributed by atoms with van der Waals surface area (Å²) in [5.74, 6) is -1.65. The van der Waals surface area contributed by atoms with Gasteiger partial charge in [-0.05, 0) is 37.1 Å². The third kappa shape index (κ3) is 3.10. The van der Waals surface area contributed by atoms with Crippen LogP contribution in [0.5, 0.6) is 5.75 Å². The van der Waals surface area contributed by atoms with Crippen LogP contribution in [0.15, 0.2) is 30.9 Å². The van der Waals surface area contributed by atoms with Gasteiger partial charge in [-0.3, -0.25) is 19.7 Å².